The normalized spacial score (nSPS) is 15.1. The molecule has 5 rings (SSSR count). The minimum Gasteiger partial charge on any atom is -0.733 e. The summed E-state index contributed by atoms with van der Waals surface area (Å²) in [5.41, 5.74) is 1.10. The van der Waals surface area contributed by atoms with E-state index in [1.165, 1.54) is 6.08 Å². The van der Waals surface area contributed by atoms with Gasteiger partial charge in [-0.05, 0) is 11.5 Å². The molecule has 0 unspecified atom stereocenters. The number of allylic oxidation sites excluding steroid dienone is 2. The Morgan fingerprint density at radius 2 is 1.42 bits per heavy atom. The van der Waals surface area contributed by atoms with Crippen molar-refractivity contribution < 1.29 is 163 Å². The first-order valence-corrected chi connectivity index (χ1v) is 16.1. The number of carbonyl (C=O) groups is 4. The van der Waals surface area contributed by atoms with Crippen molar-refractivity contribution in [2.45, 2.75) is 46.0 Å². The van der Waals surface area contributed by atoms with Gasteiger partial charge in [0.15, 0.2) is 32.2 Å². The molecule has 3 aromatic carbocycles. The van der Waals surface area contributed by atoms with Crippen LogP contribution in [-0.4, -0.2) is 63.6 Å². The van der Waals surface area contributed by atoms with Gasteiger partial charge in [-0.2, -0.15) is 0 Å². The smallest absolute Gasteiger partial charge is 0.733 e. The van der Waals surface area contributed by atoms with Gasteiger partial charge in [0.1, 0.15) is 5.75 Å². The van der Waals surface area contributed by atoms with Gasteiger partial charge in [0.2, 0.25) is 0 Å². The largest absolute Gasteiger partial charge is 1.00 e. The predicted octanol–water partition coefficient (Wildman–Crippen LogP) is -2.47. The van der Waals surface area contributed by atoms with Crippen LogP contribution in [0.25, 0.3) is 10.8 Å². The summed E-state index contributed by atoms with van der Waals surface area (Å²) in [7, 11) is -11.2. The van der Waals surface area contributed by atoms with E-state index >= 15 is 0 Å². The molecule has 1 aliphatic heterocycles. The molecular formula is C30H29K2NO13S2. The summed E-state index contributed by atoms with van der Waals surface area (Å²) in [6, 6.07) is 18.8. The number of ketones is 2. The maximum absolute atomic E-state index is 12.4. The number of hydrogen-bond donors (Lipinski definition) is 2. The molecule has 0 atom stereocenters. The Kier molecular flexibility index (Phi) is 16.3. The summed E-state index contributed by atoms with van der Waals surface area (Å²) in [6.45, 7) is 7.49. The minimum absolute atomic E-state index is 0. The van der Waals surface area contributed by atoms with Gasteiger partial charge in [0, 0.05) is 42.4 Å². The van der Waals surface area contributed by atoms with Crippen LogP contribution < -0.4 is 108 Å². The third-order valence-electron chi connectivity index (χ3n) is 7.07. The molecule has 1 aliphatic carbocycles. The SMILES string of the molecule is CC(C)(CC(=O)O)C1=CC(=O)c2ccccc2C1=O.CC1(C)CC(=O)Oc2c1ccc1ccccc21.O=S(=O)([O-])N(O)S(=O)(=O)[O-].[K+].[K+]. The Morgan fingerprint density at radius 1 is 0.896 bits per heavy atom. The zero-order valence-electron chi connectivity index (χ0n) is 26.9. The van der Waals surface area contributed by atoms with Crippen LogP contribution >= 0.6 is 0 Å². The van der Waals surface area contributed by atoms with Gasteiger partial charge >= 0.3 is 115 Å². The maximum atomic E-state index is 12.4. The molecule has 0 saturated heterocycles. The topological polar surface area (TPSA) is 236 Å². The van der Waals surface area contributed by atoms with Gasteiger partial charge in [-0.1, -0.05) is 88.4 Å². The van der Waals surface area contributed by atoms with Crippen molar-refractivity contribution in [3.8, 4) is 5.75 Å². The van der Waals surface area contributed by atoms with Crippen molar-refractivity contribution in [1.29, 1.82) is 0 Å². The van der Waals surface area contributed by atoms with E-state index < -0.39 is 35.9 Å². The molecule has 0 spiro atoms. The van der Waals surface area contributed by atoms with Crippen molar-refractivity contribution in [1.82, 2.24) is 3.87 Å². The molecule has 0 amide bonds. The standard InChI is InChI=1S/C15H14O4.C15H14O2.2K.H3NO7S2/c1-15(2,8-13(17)18)11-7-12(16)9-5-3-4-6-10(9)14(11)19;1-15(2)9-13(16)17-14-11-6-4-3-5-10(11)7-8-12(14)15;;;2-1(9(3,4)5)10(6,7)8/h3-7H,8H2,1-2H3,(H,17,18);3-8H,9H2,1-2H3;;;2H,(H,3,4,5)(H,6,7,8)/q;;2*+1;/p-2. The van der Waals surface area contributed by atoms with Crippen LogP contribution in [0.2, 0.25) is 0 Å². The van der Waals surface area contributed by atoms with E-state index in [2.05, 4.69) is 26.0 Å². The fourth-order valence-electron chi connectivity index (χ4n) is 4.90. The van der Waals surface area contributed by atoms with E-state index in [1.807, 2.05) is 24.3 Å². The number of fused-ring (bicyclic) bond motifs is 4. The van der Waals surface area contributed by atoms with Crippen LogP contribution in [0.1, 0.15) is 66.8 Å². The molecule has 0 aromatic heterocycles. The van der Waals surface area contributed by atoms with Gasteiger partial charge in [-0.25, -0.2) is 16.8 Å². The van der Waals surface area contributed by atoms with Crippen molar-refractivity contribution in [3.05, 3.63) is 89.0 Å². The van der Waals surface area contributed by atoms with Gasteiger partial charge < -0.3 is 18.9 Å². The molecule has 1 heterocycles. The minimum atomic E-state index is -5.62. The quantitative estimate of drug-likeness (QED) is 0.0905. The molecule has 0 fully saturated rings. The van der Waals surface area contributed by atoms with E-state index in [0.29, 0.717) is 17.5 Å². The van der Waals surface area contributed by atoms with Crippen LogP contribution in [0.5, 0.6) is 5.75 Å². The number of aliphatic carboxylic acids is 1. The molecule has 246 valence electrons. The first kappa shape index (κ1) is 45.0. The van der Waals surface area contributed by atoms with Crippen molar-refractivity contribution in [2.24, 2.45) is 5.41 Å². The number of Topliss-reactive ketones (excluding diaryl/α,β-unsaturated/α-hetero) is 1. The fraction of sp³-hybridized carbons (Fsp3) is 0.267. The summed E-state index contributed by atoms with van der Waals surface area (Å²) in [4.78, 5) is 46.9. The number of hydrogen-bond acceptors (Lipinski definition) is 12. The first-order chi connectivity index (χ1) is 21.1. The van der Waals surface area contributed by atoms with Crippen molar-refractivity contribution in [2.75, 3.05) is 0 Å². The van der Waals surface area contributed by atoms with E-state index in [-0.39, 0.29) is 138 Å². The number of nitrogens with zero attached hydrogens (tertiary/aromatic N) is 1. The Bertz CT molecular complexity index is 1960. The molecular weight excluding hydrogens is 725 g/mol. The number of carbonyl (C=O) groups excluding carboxylic acids is 3. The molecule has 48 heavy (non-hydrogen) atoms. The maximum Gasteiger partial charge on any atom is 1.00 e. The fourth-order valence-corrected chi connectivity index (χ4v) is 5.79. The Morgan fingerprint density at radius 3 is 1.94 bits per heavy atom. The molecule has 3 aromatic rings. The second kappa shape index (κ2) is 17.4. The molecule has 0 radical (unpaired) electrons. The van der Waals surface area contributed by atoms with E-state index in [9.17, 15) is 45.1 Å². The third kappa shape index (κ3) is 11.2. The molecule has 14 nitrogen and oxygen atoms in total. The average Bonchev–Trinajstić information content (AvgIpc) is 2.93. The molecule has 0 saturated carbocycles. The van der Waals surface area contributed by atoms with E-state index in [0.717, 1.165) is 22.1 Å². The second-order valence-electron chi connectivity index (χ2n) is 11.5. The van der Waals surface area contributed by atoms with E-state index in [1.54, 1.807) is 38.1 Å². The number of carboxylic acids is 1. The Hall–Kier alpha value is -1.05. The summed E-state index contributed by atoms with van der Waals surface area (Å²) in [6.07, 6.45) is 1.52. The van der Waals surface area contributed by atoms with Gasteiger partial charge in [-0.15, -0.1) is 0 Å². The predicted molar refractivity (Wildman–Crippen MR) is 159 cm³/mol. The van der Waals surface area contributed by atoms with Crippen LogP contribution in [-0.2, 0) is 35.6 Å². The summed E-state index contributed by atoms with van der Waals surface area (Å²) < 4.78 is 60.8. The molecule has 18 heteroatoms. The third-order valence-corrected chi connectivity index (χ3v) is 8.93. The second-order valence-corrected chi connectivity index (χ2v) is 14.2. The van der Waals surface area contributed by atoms with E-state index in [4.69, 9.17) is 15.1 Å². The van der Waals surface area contributed by atoms with Gasteiger partial charge in [0.05, 0.1) is 12.8 Å². The number of benzene rings is 3. The molecule has 0 bridgehead atoms. The Balaban J connectivity index is 0.000000369. The van der Waals surface area contributed by atoms with Crippen LogP contribution in [0, 0.1) is 5.41 Å². The zero-order chi connectivity index (χ0) is 34.8. The van der Waals surface area contributed by atoms with Gasteiger partial charge in [-0.3, -0.25) is 24.4 Å². The number of rotatable bonds is 5. The van der Waals surface area contributed by atoms with Crippen LogP contribution in [0.15, 0.2) is 72.3 Å². The van der Waals surface area contributed by atoms with Crippen LogP contribution in [0.4, 0.5) is 0 Å². The molecule has 2 aliphatic rings. The number of ether oxygens (including phenoxy) is 1. The zero-order valence-corrected chi connectivity index (χ0v) is 34.8. The summed E-state index contributed by atoms with van der Waals surface area (Å²) in [5.74, 6) is -0.904. The average molecular weight is 754 g/mol. The van der Waals surface area contributed by atoms with Crippen molar-refractivity contribution in [3.63, 3.8) is 0 Å². The first-order valence-electron chi connectivity index (χ1n) is 13.3. The summed E-state index contributed by atoms with van der Waals surface area (Å²) >= 11 is 0. The van der Waals surface area contributed by atoms with Crippen molar-refractivity contribution >= 4 is 54.9 Å². The van der Waals surface area contributed by atoms with Crippen LogP contribution in [0.3, 0.4) is 0 Å². The van der Waals surface area contributed by atoms with Gasteiger partial charge in [0.25, 0.3) is 0 Å². The number of carboxylic acid groups (broad SMARTS) is 1. The Labute approximate surface area is 362 Å². The molecule has 2 N–H and O–H groups in total. The monoisotopic (exact) mass is 753 g/mol. The number of esters is 1. The summed E-state index contributed by atoms with van der Waals surface area (Å²) in [5, 5.41) is 18.8.